The number of hydrogen-bond acceptors (Lipinski definition) is 3. The molecule has 0 bridgehead atoms. The van der Waals surface area contributed by atoms with E-state index < -0.39 is 0 Å². The van der Waals surface area contributed by atoms with Gasteiger partial charge < -0.3 is 4.42 Å². The van der Waals surface area contributed by atoms with Crippen molar-refractivity contribution in [2.75, 3.05) is 0 Å². The maximum absolute atomic E-state index is 6.99. The fraction of sp³-hybridized carbons (Fsp3) is 0. The van der Waals surface area contributed by atoms with Gasteiger partial charge in [-0.05, 0) is 97.1 Å². The third-order valence-electron chi connectivity index (χ3n) is 12.8. The van der Waals surface area contributed by atoms with Crippen LogP contribution < -0.4 is 0 Å². The minimum atomic E-state index is 0.813. The van der Waals surface area contributed by atoms with Crippen LogP contribution in [0.5, 0.6) is 0 Å². The van der Waals surface area contributed by atoms with E-state index in [1.165, 1.54) is 10.9 Å². The lowest BCUT2D eigenvalue weighted by Gasteiger charge is -2.09. The molecular formula is C52H30N8O. The summed E-state index contributed by atoms with van der Waals surface area (Å²) in [7, 11) is 0. The molecule has 7 heterocycles. The molecule has 9 heteroatoms. The van der Waals surface area contributed by atoms with Crippen molar-refractivity contribution in [3.63, 3.8) is 0 Å². The highest BCUT2D eigenvalue weighted by atomic mass is 16.3. The first-order valence-corrected chi connectivity index (χ1v) is 20.5. The molecule has 284 valence electrons. The zero-order valence-corrected chi connectivity index (χ0v) is 32.3. The summed E-state index contributed by atoms with van der Waals surface area (Å²) in [5, 5.41) is 3.27. The Kier molecular flexibility index (Phi) is 5.74. The van der Waals surface area contributed by atoms with Crippen LogP contribution in [0.2, 0.25) is 0 Å². The normalized spacial score (nSPS) is 12.6. The number of nitrogens with zero attached hydrogens (tertiary/aromatic N) is 8. The van der Waals surface area contributed by atoms with Crippen LogP contribution in [0.25, 0.3) is 122 Å². The van der Waals surface area contributed by atoms with Gasteiger partial charge in [0.05, 0.1) is 83.1 Å². The van der Waals surface area contributed by atoms with Crippen molar-refractivity contribution in [2.45, 2.75) is 0 Å². The van der Waals surface area contributed by atoms with Crippen molar-refractivity contribution in [3.05, 3.63) is 182 Å². The van der Waals surface area contributed by atoms with E-state index in [2.05, 4.69) is 203 Å². The fourth-order valence-electron chi connectivity index (χ4n) is 10.3. The Hall–Kier alpha value is -8.56. The Morgan fingerprint density at radius 2 is 0.951 bits per heavy atom. The second kappa shape index (κ2) is 11.1. The number of para-hydroxylation sites is 10. The molecule has 0 saturated heterocycles. The average Bonchev–Trinajstić information content (AvgIpc) is 4.16. The highest BCUT2D eigenvalue weighted by Gasteiger charge is 2.25. The van der Waals surface area contributed by atoms with Crippen LogP contribution in [-0.4, -0.2) is 36.9 Å². The highest BCUT2D eigenvalue weighted by Crippen LogP contribution is 2.42. The minimum Gasteiger partial charge on any atom is -0.454 e. The van der Waals surface area contributed by atoms with E-state index in [4.69, 9.17) is 14.4 Å². The van der Waals surface area contributed by atoms with Crippen molar-refractivity contribution in [2.24, 2.45) is 0 Å². The van der Waals surface area contributed by atoms with Gasteiger partial charge in [0.25, 0.3) is 0 Å². The molecule has 15 aromatic rings. The van der Waals surface area contributed by atoms with E-state index in [9.17, 15) is 0 Å². The molecule has 0 amide bonds. The predicted molar refractivity (Wildman–Crippen MR) is 245 cm³/mol. The Balaban J connectivity index is 1.02. The molecule has 0 fully saturated rings. The van der Waals surface area contributed by atoms with Crippen LogP contribution in [0, 0.1) is 0 Å². The first kappa shape index (κ1) is 31.4. The van der Waals surface area contributed by atoms with Gasteiger partial charge in [-0.15, -0.1) is 0 Å². The number of rotatable bonds is 3. The second-order valence-corrected chi connectivity index (χ2v) is 15.9. The molecule has 8 aromatic carbocycles. The van der Waals surface area contributed by atoms with Gasteiger partial charge in [0.1, 0.15) is 11.2 Å². The molecule has 61 heavy (non-hydrogen) atoms. The number of imidazole rings is 5. The third kappa shape index (κ3) is 3.90. The summed E-state index contributed by atoms with van der Waals surface area (Å²) in [5.74, 6) is 1.71. The van der Waals surface area contributed by atoms with Gasteiger partial charge in [0, 0.05) is 10.8 Å². The first-order chi connectivity index (χ1) is 30.3. The average molecular weight is 783 g/mol. The summed E-state index contributed by atoms with van der Waals surface area (Å²) in [6, 6.07) is 64.4. The lowest BCUT2D eigenvalue weighted by Crippen LogP contribution is -1.97. The van der Waals surface area contributed by atoms with E-state index in [0.29, 0.717) is 0 Å². The summed E-state index contributed by atoms with van der Waals surface area (Å²) in [5.41, 5.74) is 17.5. The predicted octanol–water partition coefficient (Wildman–Crippen LogP) is 12.4. The molecule has 0 atom stereocenters. The largest absolute Gasteiger partial charge is 0.454 e. The Morgan fingerprint density at radius 3 is 1.72 bits per heavy atom. The number of hydrogen-bond donors (Lipinski definition) is 0. The monoisotopic (exact) mass is 782 g/mol. The maximum atomic E-state index is 6.99. The molecule has 0 N–H and O–H groups in total. The van der Waals surface area contributed by atoms with Crippen molar-refractivity contribution >= 4 is 105 Å². The Bertz CT molecular complexity index is 4370. The molecule has 0 spiro atoms. The SMILES string of the molecule is c1ccc2c(c1)cc1n(-c3cccc4c3oc3cccc(-n5c6ccc(-n7c8ccccc8n8c9ccccc9nc78)cc6n6c7ccccc7nc56)c34)c3ccccc3n21. The molecule has 0 saturated carbocycles. The van der Waals surface area contributed by atoms with Gasteiger partial charge in [-0.3, -0.25) is 26.9 Å². The number of furan rings is 1. The topological polar surface area (TPSA) is 66.9 Å². The van der Waals surface area contributed by atoms with Crippen molar-refractivity contribution < 1.29 is 4.42 Å². The maximum Gasteiger partial charge on any atom is 0.220 e. The number of benzene rings is 8. The summed E-state index contributed by atoms with van der Waals surface area (Å²) < 4.78 is 20.8. The van der Waals surface area contributed by atoms with Crippen LogP contribution in [0.1, 0.15) is 0 Å². The van der Waals surface area contributed by atoms with Crippen LogP contribution in [0.4, 0.5) is 0 Å². The van der Waals surface area contributed by atoms with Gasteiger partial charge in [-0.1, -0.05) is 84.9 Å². The third-order valence-corrected chi connectivity index (χ3v) is 12.8. The molecule has 9 nitrogen and oxygen atoms in total. The van der Waals surface area contributed by atoms with Crippen molar-refractivity contribution in [3.8, 4) is 17.1 Å². The summed E-state index contributed by atoms with van der Waals surface area (Å²) >= 11 is 0. The molecular weight excluding hydrogens is 753 g/mol. The van der Waals surface area contributed by atoms with Crippen molar-refractivity contribution in [1.82, 2.24) is 36.9 Å². The van der Waals surface area contributed by atoms with E-state index in [1.807, 2.05) is 6.07 Å². The Labute approximate surface area is 344 Å². The van der Waals surface area contributed by atoms with E-state index in [0.717, 1.165) is 111 Å². The lowest BCUT2D eigenvalue weighted by atomic mass is 10.1. The van der Waals surface area contributed by atoms with Gasteiger partial charge in [0.2, 0.25) is 11.6 Å². The Morgan fingerprint density at radius 1 is 0.377 bits per heavy atom. The summed E-state index contributed by atoms with van der Waals surface area (Å²) in [6.45, 7) is 0. The van der Waals surface area contributed by atoms with Crippen LogP contribution in [0.3, 0.4) is 0 Å². The molecule has 0 aliphatic rings. The highest BCUT2D eigenvalue weighted by molar-refractivity contribution is 6.13. The molecule has 0 aliphatic heterocycles. The smallest absolute Gasteiger partial charge is 0.220 e. The van der Waals surface area contributed by atoms with E-state index >= 15 is 0 Å². The quantitative estimate of drug-likeness (QED) is 0.179. The van der Waals surface area contributed by atoms with Gasteiger partial charge in [0.15, 0.2) is 5.58 Å². The second-order valence-electron chi connectivity index (χ2n) is 15.9. The molecule has 0 radical (unpaired) electrons. The zero-order chi connectivity index (χ0) is 39.5. The molecule has 0 unspecified atom stereocenters. The van der Waals surface area contributed by atoms with Crippen molar-refractivity contribution in [1.29, 1.82) is 0 Å². The number of aromatic nitrogens is 8. The van der Waals surface area contributed by atoms with E-state index in [1.54, 1.807) is 0 Å². The van der Waals surface area contributed by atoms with Gasteiger partial charge in [-0.2, -0.15) is 0 Å². The lowest BCUT2D eigenvalue weighted by molar-refractivity contribution is 0.666. The van der Waals surface area contributed by atoms with Gasteiger partial charge >= 0.3 is 0 Å². The van der Waals surface area contributed by atoms with E-state index in [-0.39, 0.29) is 0 Å². The van der Waals surface area contributed by atoms with Crippen LogP contribution in [-0.2, 0) is 0 Å². The zero-order valence-electron chi connectivity index (χ0n) is 32.3. The molecule has 7 aromatic heterocycles. The minimum absolute atomic E-state index is 0.813. The van der Waals surface area contributed by atoms with Crippen LogP contribution in [0.15, 0.2) is 186 Å². The fourth-order valence-corrected chi connectivity index (χ4v) is 10.3. The van der Waals surface area contributed by atoms with Gasteiger partial charge in [-0.25, -0.2) is 9.97 Å². The first-order valence-electron chi connectivity index (χ1n) is 20.5. The summed E-state index contributed by atoms with van der Waals surface area (Å²) in [4.78, 5) is 10.5. The standard InChI is InChI=1S/C52H30N8O/c1-4-17-36-31(13-1)29-48-56(36)40-21-8-9-22-41(40)57(48)45-25-11-14-33-49-44(24-12-26-47(49)61-50(33)45)60-43-28-27-32(30-46(43)59-38-19-6-3-16-35(38)54-52(59)60)55-39-20-7-10-23-42(39)58-37-18-5-2-15-34(37)53-51(55)58/h1-30H. The molecule has 15 rings (SSSR count). The number of fused-ring (bicyclic) bond motifs is 18. The summed E-state index contributed by atoms with van der Waals surface area (Å²) in [6.07, 6.45) is 0. The van der Waals surface area contributed by atoms with Crippen LogP contribution >= 0.6 is 0 Å². The molecule has 0 aliphatic carbocycles.